The molecule has 34 heavy (non-hydrogen) atoms. The van der Waals surface area contributed by atoms with E-state index in [1.165, 1.54) is 24.3 Å². The van der Waals surface area contributed by atoms with Gasteiger partial charge < -0.3 is 20.3 Å². The summed E-state index contributed by atoms with van der Waals surface area (Å²) in [5.74, 6) is 0.576. The van der Waals surface area contributed by atoms with E-state index < -0.39 is 16.1 Å². The second kappa shape index (κ2) is 10.1. The minimum Gasteiger partial charge on any atom is -0.508 e. The first kappa shape index (κ1) is 23.6. The fourth-order valence-corrected chi connectivity index (χ4v) is 4.58. The van der Waals surface area contributed by atoms with Gasteiger partial charge in [0.25, 0.3) is 10.0 Å². The highest BCUT2D eigenvalue weighted by molar-refractivity contribution is 7.92. The molecule has 0 bridgehead atoms. The van der Waals surface area contributed by atoms with Gasteiger partial charge in [0.15, 0.2) is 0 Å². The van der Waals surface area contributed by atoms with Gasteiger partial charge in [-0.2, -0.15) is 5.10 Å². The second-order valence-electron chi connectivity index (χ2n) is 7.82. The Morgan fingerprint density at radius 1 is 1.09 bits per heavy atom. The number of anilines is 1. The molecule has 0 fully saturated rings. The van der Waals surface area contributed by atoms with Gasteiger partial charge in [-0.15, -0.1) is 0 Å². The van der Waals surface area contributed by atoms with Gasteiger partial charge in [0.05, 0.1) is 16.5 Å². The van der Waals surface area contributed by atoms with Gasteiger partial charge in [-0.1, -0.05) is 18.2 Å². The van der Waals surface area contributed by atoms with Crippen LogP contribution in [0.3, 0.4) is 0 Å². The minimum atomic E-state index is -3.87. The summed E-state index contributed by atoms with van der Waals surface area (Å²) in [5.41, 5.74) is 2.72. The van der Waals surface area contributed by atoms with Crippen molar-refractivity contribution in [2.75, 3.05) is 24.4 Å². The fraction of sp³-hybridized carbons (Fsp3) is 0.208. The first-order valence-corrected chi connectivity index (χ1v) is 12.2. The summed E-state index contributed by atoms with van der Waals surface area (Å²) in [6.07, 6.45) is -0.839. The molecule has 1 atom stereocenters. The van der Waals surface area contributed by atoms with E-state index >= 15 is 0 Å². The van der Waals surface area contributed by atoms with Crippen LogP contribution in [-0.2, 0) is 10.0 Å². The summed E-state index contributed by atoms with van der Waals surface area (Å²) >= 11 is 0. The maximum atomic E-state index is 12.6. The van der Waals surface area contributed by atoms with Crippen LogP contribution in [-0.4, -0.2) is 48.5 Å². The smallest absolute Gasteiger partial charge is 0.262 e. The van der Waals surface area contributed by atoms with Crippen molar-refractivity contribution in [1.29, 1.82) is 0 Å². The summed E-state index contributed by atoms with van der Waals surface area (Å²) in [4.78, 5) is -0.0540. The molecule has 0 aliphatic carbocycles. The van der Waals surface area contributed by atoms with E-state index in [9.17, 15) is 18.6 Å². The normalized spacial score (nSPS) is 12.5. The van der Waals surface area contributed by atoms with Crippen molar-refractivity contribution in [3.8, 4) is 11.5 Å². The lowest BCUT2D eigenvalue weighted by atomic mass is 10.1. The molecule has 10 heteroatoms. The number of aliphatic hydroxyl groups is 1. The first-order valence-electron chi connectivity index (χ1n) is 10.7. The molecule has 4 aromatic rings. The minimum absolute atomic E-state index is 0.0540. The SMILES string of the molecule is Cc1[nH]nc2cc(OCCNC[C@H](O)c3cccc(NS(=O)(=O)c4cccc(O)c4)c3)ccc12. The number of nitrogens with zero attached hydrogens (tertiary/aromatic N) is 1. The fourth-order valence-electron chi connectivity index (χ4n) is 3.49. The van der Waals surface area contributed by atoms with Crippen LogP contribution in [0.5, 0.6) is 11.5 Å². The highest BCUT2D eigenvalue weighted by atomic mass is 32.2. The molecular formula is C24H26N4O5S. The molecule has 0 radical (unpaired) electrons. The largest absolute Gasteiger partial charge is 0.508 e. The number of aromatic nitrogens is 2. The van der Waals surface area contributed by atoms with E-state index in [0.29, 0.717) is 30.2 Å². The standard InChI is InChI=1S/C24H26N4O5S/c1-16-22-9-8-20(14-23(22)27-26-16)33-11-10-25-15-24(30)17-4-2-5-18(12-17)28-34(31,32)21-7-3-6-19(29)13-21/h2-9,12-14,24-25,28-30H,10-11,15H2,1H3,(H,26,27)/t24-/m0/s1. The van der Waals surface area contributed by atoms with Crippen LogP contribution in [0.1, 0.15) is 17.4 Å². The van der Waals surface area contributed by atoms with Crippen LogP contribution in [0, 0.1) is 6.92 Å². The number of hydrogen-bond acceptors (Lipinski definition) is 7. The summed E-state index contributed by atoms with van der Waals surface area (Å²) < 4.78 is 33.3. The van der Waals surface area contributed by atoms with Gasteiger partial charge in [-0.25, -0.2) is 8.42 Å². The molecule has 3 aromatic carbocycles. The van der Waals surface area contributed by atoms with E-state index in [4.69, 9.17) is 4.74 Å². The lowest BCUT2D eigenvalue weighted by Crippen LogP contribution is -2.26. The van der Waals surface area contributed by atoms with Crippen molar-refractivity contribution < 1.29 is 23.4 Å². The molecule has 0 amide bonds. The van der Waals surface area contributed by atoms with Gasteiger partial charge in [-0.05, 0) is 48.9 Å². The van der Waals surface area contributed by atoms with Crippen LogP contribution in [0.25, 0.3) is 10.9 Å². The maximum absolute atomic E-state index is 12.6. The number of aryl methyl sites for hydroxylation is 1. The summed E-state index contributed by atoms with van der Waals surface area (Å²) in [6.45, 7) is 3.15. The number of phenolic OH excluding ortho intramolecular Hbond substituents is 1. The van der Waals surface area contributed by atoms with E-state index in [2.05, 4.69) is 20.2 Å². The van der Waals surface area contributed by atoms with Gasteiger partial charge >= 0.3 is 0 Å². The third-order valence-electron chi connectivity index (χ3n) is 5.25. The Hall–Kier alpha value is -3.60. The number of nitrogens with one attached hydrogen (secondary N) is 3. The number of benzene rings is 3. The van der Waals surface area contributed by atoms with E-state index in [1.807, 2.05) is 25.1 Å². The molecule has 0 unspecified atom stereocenters. The second-order valence-corrected chi connectivity index (χ2v) is 9.51. The van der Waals surface area contributed by atoms with Crippen LogP contribution < -0.4 is 14.8 Å². The quantitative estimate of drug-likeness (QED) is 0.219. The number of H-pyrrole nitrogens is 1. The Morgan fingerprint density at radius 3 is 2.74 bits per heavy atom. The topological polar surface area (TPSA) is 137 Å². The molecule has 5 N–H and O–H groups in total. The Morgan fingerprint density at radius 2 is 1.91 bits per heavy atom. The summed E-state index contributed by atoms with van der Waals surface area (Å²) in [5, 5.41) is 31.4. The molecule has 9 nitrogen and oxygen atoms in total. The number of ether oxygens (including phenoxy) is 1. The highest BCUT2D eigenvalue weighted by Gasteiger charge is 2.16. The molecule has 178 valence electrons. The molecule has 1 heterocycles. The van der Waals surface area contributed by atoms with Crippen LogP contribution >= 0.6 is 0 Å². The zero-order valence-corrected chi connectivity index (χ0v) is 19.3. The van der Waals surface area contributed by atoms with Crippen molar-refractivity contribution >= 4 is 26.6 Å². The van der Waals surface area contributed by atoms with Crippen molar-refractivity contribution in [2.45, 2.75) is 17.9 Å². The van der Waals surface area contributed by atoms with Gasteiger partial charge in [0.2, 0.25) is 0 Å². The Balaban J connectivity index is 1.27. The van der Waals surface area contributed by atoms with Crippen LogP contribution in [0.15, 0.2) is 71.6 Å². The Bertz CT molecular complexity index is 1390. The lowest BCUT2D eigenvalue weighted by Gasteiger charge is -2.15. The molecule has 0 aliphatic heterocycles. The monoisotopic (exact) mass is 482 g/mol. The number of aromatic hydroxyl groups is 1. The van der Waals surface area contributed by atoms with Crippen molar-refractivity contribution in [3.63, 3.8) is 0 Å². The highest BCUT2D eigenvalue weighted by Crippen LogP contribution is 2.23. The molecule has 0 saturated heterocycles. The van der Waals surface area contributed by atoms with Crippen LogP contribution in [0.2, 0.25) is 0 Å². The predicted molar refractivity (Wildman–Crippen MR) is 130 cm³/mol. The third-order valence-corrected chi connectivity index (χ3v) is 6.63. The lowest BCUT2D eigenvalue weighted by molar-refractivity contribution is 0.172. The number of hydrogen-bond donors (Lipinski definition) is 5. The number of phenols is 1. The Labute approximate surface area is 197 Å². The van der Waals surface area contributed by atoms with Gasteiger partial charge in [-0.3, -0.25) is 9.82 Å². The molecule has 0 saturated carbocycles. The Kier molecular flexibility index (Phi) is 7.01. The third kappa shape index (κ3) is 5.66. The molecule has 1 aromatic heterocycles. The molecule has 4 rings (SSSR count). The number of aromatic amines is 1. The molecule has 0 spiro atoms. The van der Waals surface area contributed by atoms with Gasteiger partial charge in [0, 0.05) is 42.0 Å². The summed E-state index contributed by atoms with van der Waals surface area (Å²) in [6, 6.07) is 17.7. The zero-order valence-electron chi connectivity index (χ0n) is 18.5. The van der Waals surface area contributed by atoms with Gasteiger partial charge in [0.1, 0.15) is 18.1 Å². The molecule has 0 aliphatic rings. The number of fused-ring (bicyclic) bond motifs is 1. The van der Waals surface area contributed by atoms with E-state index in [0.717, 1.165) is 16.6 Å². The van der Waals surface area contributed by atoms with Crippen molar-refractivity contribution in [1.82, 2.24) is 15.5 Å². The number of sulfonamides is 1. The maximum Gasteiger partial charge on any atom is 0.262 e. The predicted octanol–water partition coefficient (Wildman–Crippen LogP) is 3.08. The first-order chi connectivity index (χ1) is 16.3. The average Bonchev–Trinajstić information content (AvgIpc) is 3.18. The molecular weight excluding hydrogens is 456 g/mol. The van der Waals surface area contributed by atoms with E-state index in [1.54, 1.807) is 24.3 Å². The average molecular weight is 483 g/mol. The van der Waals surface area contributed by atoms with Crippen molar-refractivity contribution in [3.05, 3.63) is 78.0 Å². The zero-order chi connectivity index (χ0) is 24.1. The van der Waals surface area contributed by atoms with Crippen LogP contribution in [0.4, 0.5) is 5.69 Å². The van der Waals surface area contributed by atoms with Crippen molar-refractivity contribution in [2.24, 2.45) is 0 Å². The van der Waals surface area contributed by atoms with E-state index in [-0.39, 0.29) is 17.2 Å². The number of rotatable bonds is 10. The number of aliphatic hydroxyl groups excluding tert-OH is 1. The summed E-state index contributed by atoms with van der Waals surface area (Å²) in [7, 11) is -3.87.